The maximum Gasteiger partial charge on any atom is 0.266 e. The van der Waals surface area contributed by atoms with Gasteiger partial charge in [0.15, 0.2) is 0 Å². The van der Waals surface area contributed by atoms with Gasteiger partial charge in [-0.3, -0.25) is 4.79 Å². The van der Waals surface area contributed by atoms with E-state index in [2.05, 4.69) is 17.2 Å². The fourth-order valence-electron chi connectivity index (χ4n) is 3.03. The van der Waals surface area contributed by atoms with Crippen LogP contribution in [0.4, 0.5) is 0 Å². The van der Waals surface area contributed by atoms with Crippen molar-refractivity contribution in [3.05, 3.63) is 40.9 Å². The smallest absolute Gasteiger partial charge is 0.266 e. The molecule has 2 aromatic rings. The molecule has 1 fully saturated rings. The normalized spacial score (nSPS) is 16.0. The number of carbonyl (C=O) groups excluding carboxylic acids is 1. The minimum absolute atomic E-state index is 0. The van der Waals surface area contributed by atoms with Crippen molar-refractivity contribution in [2.24, 2.45) is 0 Å². The Balaban J connectivity index is 0.00000156. The highest BCUT2D eigenvalue weighted by atomic mass is 35.5. The molecule has 4 nitrogen and oxygen atoms in total. The molecule has 25 heavy (non-hydrogen) atoms. The summed E-state index contributed by atoms with van der Waals surface area (Å²) in [5, 5.41) is 4.28. The van der Waals surface area contributed by atoms with E-state index in [0.717, 1.165) is 53.6 Å². The van der Waals surface area contributed by atoms with E-state index in [9.17, 15) is 4.79 Å². The lowest BCUT2D eigenvalue weighted by atomic mass is 10.2. The Hall–Kier alpha value is -1.14. The van der Waals surface area contributed by atoms with Crippen LogP contribution in [0.15, 0.2) is 30.3 Å². The van der Waals surface area contributed by atoms with Crippen molar-refractivity contribution < 1.29 is 4.79 Å². The summed E-state index contributed by atoms with van der Waals surface area (Å²) < 4.78 is 0. The number of hydrogen-bond donors (Lipinski definition) is 1. The molecule has 0 saturated carbocycles. The third kappa shape index (κ3) is 4.94. The number of aromatic nitrogens is 1. The molecule has 7 heteroatoms. The number of nitrogens with one attached hydrogen (secondary N) is 1. The zero-order valence-corrected chi connectivity index (χ0v) is 17.0. The predicted molar refractivity (Wildman–Crippen MR) is 109 cm³/mol. The van der Waals surface area contributed by atoms with Crippen LogP contribution in [0.2, 0.25) is 0 Å². The molecule has 0 radical (unpaired) electrons. The molecule has 1 saturated heterocycles. The molecule has 0 aliphatic carbocycles. The van der Waals surface area contributed by atoms with Gasteiger partial charge in [-0.25, -0.2) is 4.98 Å². The molecule has 1 unspecified atom stereocenters. The van der Waals surface area contributed by atoms with Crippen molar-refractivity contribution in [3.8, 4) is 10.6 Å². The molecular formula is C18H25Cl2N3OS. The first kappa shape index (κ1) is 21.9. The monoisotopic (exact) mass is 401 g/mol. The number of halogens is 2. The molecule has 1 aliphatic rings. The van der Waals surface area contributed by atoms with E-state index in [1.807, 2.05) is 42.2 Å². The van der Waals surface area contributed by atoms with Gasteiger partial charge in [-0.2, -0.15) is 0 Å². The van der Waals surface area contributed by atoms with Gasteiger partial charge >= 0.3 is 0 Å². The molecule has 1 aromatic heterocycles. The number of aryl methyl sites for hydroxylation is 1. The molecule has 1 amide bonds. The highest BCUT2D eigenvalue weighted by Crippen LogP contribution is 2.29. The lowest BCUT2D eigenvalue weighted by Gasteiger charge is -2.27. The van der Waals surface area contributed by atoms with Gasteiger partial charge in [0.2, 0.25) is 0 Å². The van der Waals surface area contributed by atoms with Crippen LogP contribution >= 0.6 is 36.2 Å². The van der Waals surface area contributed by atoms with Gasteiger partial charge < -0.3 is 10.2 Å². The molecule has 3 rings (SSSR count). The van der Waals surface area contributed by atoms with Crippen LogP contribution < -0.4 is 5.32 Å². The van der Waals surface area contributed by atoms with Crippen LogP contribution in [0.3, 0.4) is 0 Å². The van der Waals surface area contributed by atoms with E-state index in [1.54, 1.807) is 0 Å². The summed E-state index contributed by atoms with van der Waals surface area (Å²) in [7, 11) is 0. The van der Waals surface area contributed by atoms with Crippen LogP contribution in [-0.2, 0) is 0 Å². The number of thiazole rings is 1. The van der Waals surface area contributed by atoms with Gasteiger partial charge in [0, 0.05) is 24.7 Å². The molecule has 1 N–H and O–H groups in total. The van der Waals surface area contributed by atoms with E-state index in [-0.39, 0.29) is 30.7 Å². The molecule has 1 aliphatic heterocycles. The zero-order valence-electron chi connectivity index (χ0n) is 14.5. The summed E-state index contributed by atoms with van der Waals surface area (Å²) in [5.74, 6) is 0.137. The van der Waals surface area contributed by atoms with Crippen molar-refractivity contribution in [2.75, 3.05) is 19.6 Å². The third-order valence-corrected chi connectivity index (χ3v) is 5.41. The fraction of sp³-hybridized carbons (Fsp3) is 0.444. The average molecular weight is 402 g/mol. The second-order valence-corrected chi connectivity index (χ2v) is 6.94. The van der Waals surface area contributed by atoms with Crippen molar-refractivity contribution in [1.82, 2.24) is 15.2 Å². The number of rotatable bonds is 5. The molecule has 1 aromatic carbocycles. The van der Waals surface area contributed by atoms with E-state index in [1.165, 1.54) is 11.3 Å². The topological polar surface area (TPSA) is 45.2 Å². The van der Waals surface area contributed by atoms with Gasteiger partial charge in [-0.1, -0.05) is 37.3 Å². The van der Waals surface area contributed by atoms with Gasteiger partial charge in [-0.05, 0) is 26.3 Å². The van der Waals surface area contributed by atoms with Crippen LogP contribution in [0.1, 0.15) is 35.1 Å². The third-order valence-electron chi connectivity index (χ3n) is 4.21. The largest absolute Gasteiger partial charge is 0.334 e. The molecule has 2 heterocycles. The van der Waals surface area contributed by atoms with Gasteiger partial charge in [0.05, 0.1) is 5.69 Å². The van der Waals surface area contributed by atoms with E-state index >= 15 is 0 Å². The zero-order chi connectivity index (χ0) is 16.2. The highest BCUT2D eigenvalue weighted by Gasteiger charge is 2.29. The minimum Gasteiger partial charge on any atom is -0.334 e. The first-order valence-electron chi connectivity index (χ1n) is 8.25. The number of benzene rings is 1. The second kappa shape index (κ2) is 10.1. The summed E-state index contributed by atoms with van der Waals surface area (Å²) in [5.41, 5.74) is 1.91. The van der Waals surface area contributed by atoms with Crippen molar-refractivity contribution in [2.45, 2.75) is 32.7 Å². The van der Waals surface area contributed by atoms with Gasteiger partial charge in [0.25, 0.3) is 5.91 Å². The van der Waals surface area contributed by atoms with Crippen LogP contribution in [-0.4, -0.2) is 41.5 Å². The highest BCUT2D eigenvalue weighted by molar-refractivity contribution is 7.17. The molecular weight excluding hydrogens is 377 g/mol. The lowest BCUT2D eigenvalue weighted by Crippen LogP contribution is -2.42. The molecule has 0 bridgehead atoms. The van der Waals surface area contributed by atoms with Crippen molar-refractivity contribution >= 4 is 42.1 Å². The Morgan fingerprint density at radius 2 is 2.04 bits per heavy atom. The Bertz CT molecular complexity index is 672. The summed E-state index contributed by atoms with van der Waals surface area (Å²) in [6.45, 7) is 6.76. The van der Waals surface area contributed by atoms with E-state index < -0.39 is 0 Å². The number of amides is 1. The predicted octanol–water partition coefficient (Wildman–Crippen LogP) is 4.18. The molecule has 1 atom stereocenters. The number of carbonyl (C=O) groups is 1. The number of nitrogens with zero attached hydrogens (tertiary/aromatic N) is 2. The minimum atomic E-state index is 0. The first-order chi connectivity index (χ1) is 11.2. The van der Waals surface area contributed by atoms with Crippen LogP contribution in [0, 0.1) is 6.92 Å². The maximum atomic E-state index is 13.1. The van der Waals surface area contributed by atoms with E-state index in [0.29, 0.717) is 6.04 Å². The van der Waals surface area contributed by atoms with Crippen molar-refractivity contribution in [3.63, 3.8) is 0 Å². The Kier molecular flexibility index (Phi) is 8.86. The molecule has 0 spiro atoms. The van der Waals surface area contributed by atoms with E-state index in [4.69, 9.17) is 0 Å². The standard InChI is InChI=1S/C18H23N3OS.2ClH/c1-3-11-21(15-9-10-19-12-15)18(22)16-13(2)20-17(23-16)14-7-5-4-6-8-14;;/h4-8,15,19H,3,9-12H2,1-2H3;2*1H. The van der Waals surface area contributed by atoms with Crippen molar-refractivity contribution in [1.29, 1.82) is 0 Å². The summed E-state index contributed by atoms with van der Waals surface area (Å²) in [6, 6.07) is 10.4. The first-order valence-corrected chi connectivity index (χ1v) is 9.07. The van der Waals surface area contributed by atoms with Gasteiger partial charge in [0.1, 0.15) is 9.88 Å². The number of hydrogen-bond acceptors (Lipinski definition) is 4. The Morgan fingerprint density at radius 3 is 2.64 bits per heavy atom. The lowest BCUT2D eigenvalue weighted by molar-refractivity contribution is 0.0696. The maximum absolute atomic E-state index is 13.1. The van der Waals surface area contributed by atoms with Crippen LogP contribution in [0.5, 0.6) is 0 Å². The Morgan fingerprint density at radius 1 is 1.32 bits per heavy atom. The Labute approximate surface area is 165 Å². The summed E-state index contributed by atoms with van der Waals surface area (Å²) >= 11 is 1.51. The summed E-state index contributed by atoms with van der Waals surface area (Å²) in [6.07, 6.45) is 2.01. The van der Waals surface area contributed by atoms with Crippen LogP contribution in [0.25, 0.3) is 10.6 Å². The van der Waals surface area contributed by atoms with Gasteiger partial charge in [-0.15, -0.1) is 36.2 Å². The summed E-state index contributed by atoms with van der Waals surface area (Å²) in [4.78, 5) is 20.5. The molecule has 138 valence electrons. The average Bonchev–Trinajstić information content (AvgIpc) is 3.22. The quantitative estimate of drug-likeness (QED) is 0.816. The SMILES string of the molecule is CCCN(C(=O)c1sc(-c2ccccc2)nc1C)C1CCNC1.Cl.Cl. The second-order valence-electron chi connectivity index (χ2n) is 5.94. The fourth-order valence-corrected chi connectivity index (χ4v) is 4.05.